The largest absolute Gasteiger partial charge is 0.304 e. The summed E-state index contributed by atoms with van der Waals surface area (Å²) in [6.45, 7) is 4.22. The number of hydrogen-bond donors (Lipinski definition) is 1. The molecule has 2 heterocycles. The second-order valence-corrected chi connectivity index (χ2v) is 7.82. The molecule has 1 atom stereocenters. The molecule has 0 spiro atoms. The summed E-state index contributed by atoms with van der Waals surface area (Å²) >= 11 is 3.54. The van der Waals surface area contributed by atoms with Crippen LogP contribution in [-0.4, -0.2) is 59.9 Å². The highest BCUT2D eigenvalue weighted by molar-refractivity contribution is 9.10. The lowest BCUT2D eigenvalue weighted by molar-refractivity contribution is -0.229. The predicted octanol–water partition coefficient (Wildman–Crippen LogP) is 3.52. The van der Waals surface area contributed by atoms with Gasteiger partial charge in [-0.2, -0.15) is 0 Å². The lowest BCUT2D eigenvalue weighted by atomic mass is 9.95. The van der Waals surface area contributed by atoms with Crippen molar-refractivity contribution < 1.29 is 10.1 Å². The van der Waals surface area contributed by atoms with Gasteiger partial charge in [-0.25, -0.2) is 4.89 Å². The molecule has 1 saturated heterocycles. The molecular weight excluding hydrogens is 394 g/mol. The second kappa shape index (κ2) is 7.58. The van der Waals surface area contributed by atoms with Gasteiger partial charge in [-0.3, -0.25) is 15.1 Å². The third kappa shape index (κ3) is 3.35. The van der Waals surface area contributed by atoms with Gasteiger partial charge < -0.3 is 4.90 Å². The van der Waals surface area contributed by atoms with E-state index in [0.717, 1.165) is 53.0 Å². The molecule has 1 aromatic heterocycles. The van der Waals surface area contributed by atoms with E-state index in [9.17, 15) is 0 Å². The standard InChI is InChI=1S/C20H22BrN3O2/c1-23-6-8-24(9-7-23)20-17-5-3-2-4-14(17)10-15(13-26-25)18-11-16(21)12-22-19(18)20/h2-5,10-12,20,25H,6-9,13H2,1H3. The van der Waals surface area contributed by atoms with E-state index in [1.165, 1.54) is 5.56 Å². The molecule has 4 rings (SSSR count). The third-order valence-corrected chi connectivity index (χ3v) is 5.67. The van der Waals surface area contributed by atoms with Crippen LogP contribution in [0.3, 0.4) is 0 Å². The van der Waals surface area contributed by atoms with Crippen molar-refractivity contribution in [1.29, 1.82) is 0 Å². The lowest BCUT2D eigenvalue weighted by Crippen LogP contribution is -2.46. The summed E-state index contributed by atoms with van der Waals surface area (Å²) in [5.41, 5.74) is 5.37. The summed E-state index contributed by atoms with van der Waals surface area (Å²) in [5.74, 6) is 0. The Morgan fingerprint density at radius 2 is 2.00 bits per heavy atom. The van der Waals surface area contributed by atoms with Crippen LogP contribution in [0.4, 0.5) is 0 Å². The van der Waals surface area contributed by atoms with Crippen LogP contribution in [0.2, 0.25) is 0 Å². The van der Waals surface area contributed by atoms with E-state index >= 15 is 0 Å². The summed E-state index contributed by atoms with van der Waals surface area (Å²) in [7, 11) is 2.17. The molecule has 2 aromatic rings. The Kier molecular flexibility index (Phi) is 5.20. The van der Waals surface area contributed by atoms with Gasteiger partial charge in [-0.1, -0.05) is 24.3 Å². The third-order valence-electron chi connectivity index (χ3n) is 5.23. The highest BCUT2D eigenvalue weighted by Crippen LogP contribution is 2.40. The van der Waals surface area contributed by atoms with Gasteiger partial charge in [0.25, 0.3) is 0 Å². The van der Waals surface area contributed by atoms with Crippen LogP contribution < -0.4 is 0 Å². The zero-order chi connectivity index (χ0) is 18.1. The van der Waals surface area contributed by atoms with E-state index in [4.69, 9.17) is 10.2 Å². The number of nitrogens with zero attached hydrogens (tertiary/aromatic N) is 3. The topological polar surface area (TPSA) is 48.8 Å². The van der Waals surface area contributed by atoms with E-state index in [-0.39, 0.29) is 12.6 Å². The fourth-order valence-electron chi connectivity index (χ4n) is 3.87. The first-order valence-corrected chi connectivity index (χ1v) is 9.61. The number of rotatable bonds is 3. The Balaban J connectivity index is 1.89. The quantitative estimate of drug-likeness (QED) is 0.613. The average Bonchev–Trinajstić information content (AvgIpc) is 2.78. The summed E-state index contributed by atoms with van der Waals surface area (Å²) in [6, 6.07) is 10.6. The van der Waals surface area contributed by atoms with Crippen LogP contribution in [0.5, 0.6) is 0 Å². The lowest BCUT2D eigenvalue weighted by Gasteiger charge is -2.38. The highest BCUT2D eigenvalue weighted by Gasteiger charge is 2.32. The predicted molar refractivity (Wildman–Crippen MR) is 106 cm³/mol. The average molecular weight is 416 g/mol. The van der Waals surface area contributed by atoms with Gasteiger partial charge in [0, 0.05) is 42.4 Å². The van der Waals surface area contributed by atoms with Gasteiger partial charge in [0.15, 0.2) is 0 Å². The second-order valence-electron chi connectivity index (χ2n) is 6.90. The zero-order valence-electron chi connectivity index (χ0n) is 14.7. The SMILES string of the molecule is CN1CCN(C2c3ccccc3C=C(COO)c3cc(Br)cnc32)CC1. The van der Waals surface area contributed by atoms with Crippen LogP contribution in [0.25, 0.3) is 11.6 Å². The first-order valence-electron chi connectivity index (χ1n) is 8.81. The van der Waals surface area contributed by atoms with Crippen LogP contribution in [0, 0.1) is 0 Å². The first-order chi connectivity index (χ1) is 12.7. The van der Waals surface area contributed by atoms with Crippen molar-refractivity contribution in [3.63, 3.8) is 0 Å². The number of fused-ring (bicyclic) bond motifs is 2. The number of hydrogen-bond acceptors (Lipinski definition) is 5. The summed E-state index contributed by atoms with van der Waals surface area (Å²) in [4.78, 5) is 14.2. The number of pyridine rings is 1. The molecule has 2 aliphatic rings. The molecule has 26 heavy (non-hydrogen) atoms. The Hall–Kier alpha value is -1.57. The van der Waals surface area contributed by atoms with Crippen molar-refractivity contribution in [2.45, 2.75) is 6.04 Å². The molecule has 136 valence electrons. The van der Waals surface area contributed by atoms with Gasteiger partial charge in [0.1, 0.15) is 6.61 Å². The maximum atomic E-state index is 9.11. The maximum absolute atomic E-state index is 9.11. The van der Waals surface area contributed by atoms with Crippen molar-refractivity contribution in [1.82, 2.24) is 14.8 Å². The minimum Gasteiger partial charge on any atom is -0.304 e. The first kappa shape index (κ1) is 17.8. The number of likely N-dealkylation sites (N-methyl/N-ethyl adjacent to an activating group) is 1. The molecule has 6 heteroatoms. The zero-order valence-corrected chi connectivity index (χ0v) is 16.3. The summed E-state index contributed by atoms with van der Waals surface area (Å²) in [5, 5.41) is 9.11. The fraction of sp³-hybridized carbons (Fsp3) is 0.350. The van der Waals surface area contributed by atoms with E-state index < -0.39 is 0 Å². The maximum Gasteiger partial charge on any atom is 0.108 e. The van der Waals surface area contributed by atoms with Crippen molar-refractivity contribution >= 4 is 27.6 Å². The monoisotopic (exact) mass is 415 g/mol. The Bertz CT molecular complexity index is 832. The van der Waals surface area contributed by atoms with Crippen LogP contribution >= 0.6 is 15.9 Å². The van der Waals surface area contributed by atoms with Crippen LogP contribution in [0.1, 0.15) is 28.4 Å². The molecule has 0 bridgehead atoms. The molecule has 0 saturated carbocycles. The molecular formula is C20H22BrN3O2. The molecule has 0 radical (unpaired) electrons. The van der Waals surface area contributed by atoms with Gasteiger partial charge in [-0.15, -0.1) is 0 Å². The number of aromatic nitrogens is 1. The van der Waals surface area contributed by atoms with Crippen molar-refractivity contribution in [3.05, 3.63) is 63.4 Å². The molecule has 1 aromatic carbocycles. The number of piperazine rings is 1. The molecule has 1 unspecified atom stereocenters. The smallest absolute Gasteiger partial charge is 0.108 e. The molecule has 5 nitrogen and oxygen atoms in total. The van der Waals surface area contributed by atoms with Gasteiger partial charge >= 0.3 is 0 Å². The van der Waals surface area contributed by atoms with Crippen LogP contribution in [-0.2, 0) is 4.89 Å². The van der Waals surface area contributed by atoms with Gasteiger partial charge in [0.2, 0.25) is 0 Å². The minimum atomic E-state index is 0.0930. The van der Waals surface area contributed by atoms with E-state index in [2.05, 4.69) is 68.0 Å². The molecule has 1 fully saturated rings. The number of halogens is 1. The Labute approximate surface area is 162 Å². The number of benzene rings is 1. The van der Waals surface area contributed by atoms with Gasteiger partial charge in [0.05, 0.1) is 11.7 Å². The molecule has 0 amide bonds. The van der Waals surface area contributed by atoms with E-state index in [0.29, 0.717) is 0 Å². The van der Waals surface area contributed by atoms with Crippen molar-refractivity contribution in [2.24, 2.45) is 0 Å². The molecule has 1 aliphatic heterocycles. The molecule has 1 aliphatic carbocycles. The van der Waals surface area contributed by atoms with Crippen LogP contribution in [0.15, 0.2) is 41.0 Å². The Morgan fingerprint density at radius 1 is 1.23 bits per heavy atom. The fourth-order valence-corrected chi connectivity index (χ4v) is 4.20. The molecule has 1 N–H and O–H groups in total. The van der Waals surface area contributed by atoms with Crippen molar-refractivity contribution in [2.75, 3.05) is 39.8 Å². The highest BCUT2D eigenvalue weighted by atomic mass is 79.9. The summed E-state index contributed by atoms with van der Waals surface area (Å²) in [6.07, 6.45) is 3.96. The minimum absolute atomic E-state index is 0.0930. The van der Waals surface area contributed by atoms with Crippen molar-refractivity contribution in [3.8, 4) is 0 Å². The Morgan fingerprint density at radius 3 is 2.77 bits per heavy atom. The summed E-state index contributed by atoms with van der Waals surface area (Å²) < 4.78 is 0.920. The van der Waals surface area contributed by atoms with E-state index in [1.807, 2.05) is 12.3 Å². The normalized spacial score (nSPS) is 20.9. The van der Waals surface area contributed by atoms with E-state index in [1.54, 1.807) is 0 Å². The van der Waals surface area contributed by atoms with Gasteiger partial charge in [-0.05, 0) is 51.8 Å².